The van der Waals surface area contributed by atoms with E-state index in [-0.39, 0.29) is 18.5 Å². The molecule has 0 aromatic carbocycles. The van der Waals surface area contributed by atoms with Gasteiger partial charge in [-0.05, 0) is 30.7 Å². The van der Waals surface area contributed by atoms with Gasteiger partial charge in [0, 0.05) is 31.5 Å². The Hall–Kier alpha value is -1.58. The van der Waals surface area contributed by atoms with Gasteiger partial charge >= 0.3 is 0 Å². The highest BCUT2D eigenvalue weighted by molar-refractivity contribution is 7.88. The molecule has 8 nitrogen and oxygen atoms in total. The third kappa shape index (κ3) is 4.96. The van der Waals surface area contributed by atoms with Crippen molar-refractivity contribution in [3.8, 4) is 0 Å². The van der Waals surface area contributed by atoms with Gasteiger partial charge in [-0.1, -0.05) is 0 Å². The first-order valence-corrected chi connectivity index (χ1v) is 10.0. The van der Waals surface area contributed by atoms with E-state index in [0.29, 0.717) is 18.4 Å². The molecule has 1 aliphatic carbocycles. The van der Waals surface area contributed by atoms with Crippen LogP contribution in [0.5, 0.6) is 0 Å². The minimum Gasteiger partial charge on any atom is -0.351 e. The Morgan fingerprint density at radius 3 is 2.62 bits per heavy atom. The normalized spacial score (nSPS) is 24.9. The Balaban J connectivity index is 1.56. The first kappa shape index (κ1) is 17.2. The SMILES string of the molecule is CS(=O)(=O)NCC(=O)N[C@H]1CN(Cc2ncccn2)C[C@@H]1C1CC1. The second kappa shape index (κ2) is 7.12. The lowest BCUT2D eigenvalue weighted by Crippen LogP contribution is -2.45. The summed E-state index contributed by atoms with van der Waals surface area (Å²) in [6.45, 7) is 2.10. The molecule has 2 aliphatic rings. The average molecular weight is 353 g/mol. The number of hydrogen-bond donors (Lipinski definition) is 2. The maximum Gasteiger partial charge on any atom is 0.235 e. The lowest BCUT2D eigenvalue weighted by Gasteiger charge is -2.19. The highest BCUT2D eigenvalue weighted by atomic mass is 32.2. The fourth-order valence-corrected chi connectivity index (χ4v) is 3.66. The molecular formula is C15H23N5O3S. The third-order valence-electron chi connectivity index (χ3n) is 4.49. The van der Waals surface area contributed by atoms with Crippen molar-refractivity contribution in [2.45, 2.75) is 25.4 Å². The number of rotatable bonds is 7. The van der Waals surface area contributed by atoms with E-state index >= 15 is 0 Å². The summed E-state index contributed by atoms with van der Waals surface area (Å²) in [5, 5.41) is 2.99. The van der Waals surface area contributed by atoms with Crippen LogP contribution in [0.4, 0.5) is 0 Å². The fourth-order valence-electron chi connectivity index (χ4n) is 3.26. The van der Waals surface area contributed by atoms with Crippen LogP contribution in [-0.4, -0.2) is 61.1 Å². The van der Waals surface area contributed by atoms with E-state index < -0.39 is 10.0 Å². The van der Waals surface area contributed by atoms with E-state index in [4.69, 9.17) is 0 Å². The van der Waals surface area contributed by atoms with Crippen LogP contribution < -0.4 is 10.0 Å². The van der Waals surface area contributed by atoms with Crippen molar-refractivity contribution in [2.24, 2.45) is 11.8 Å². The van der Waals surface area contributed by atoms with Crippen LogP contribution in [0.15, 0.2) is 18.5 Å². The highest BCUT2D eigenvalue weighted by Gasteiger charge is 2.43. The van der Waals surface area contributed by atoms with Crippen molar-refractivity contribution in [3.63, 3.8) is 0 Å². The quantitative estimate of drug-likeness (QED) is 0.675. The molecule has 1 aromatic heterocycles. The molecule has 2 N–H and O–H groups in total. The molecule has 2 fully saturated rings. The summed E-state index contributed by atoms with van der Waals surface area (Å²) in [5.74, 6) is 1.56. The summed E-state index contributed by atoms with van der Waals surface area (Å²) in [7, 11) is -3.36. The third-order valence-corrected chi connectivity index (χ3v) is 5.16. The van der Waals surface area contributed by atoms with E-state index in [9.17, 15) is 13.2 Å². The van der Waals surface area contributed by atoms with Crippen molar-refractivity contribution < 1.29 is 13.2 Å². The monoisotopic (exact) mass is 353 g/mol. The molecule has 1 amide bonds. The molecular weight excluding hydrogens is 330 g/mol. The van der Waals surface area contributed by atoms with Gasteiger partial charge < -0.3 is 5.32 Å². The van der Waals surface area contributed by atoms with Crippen LogP contribution in [0.1, 0.15) is 18.7 Å². The van der Waals surface area contributed by atoms with Crippen molar-refractivity contribution in [1.82, 2.24) is 24.9 Å². The van der Waals surface area contributed by atoms with Crippen molar-refractivity contribution >= 4 is 15.9 Å². The topological polar surface area (TPSA) is 104 Å². The highest BCUT2D eigenvalue weighted by Crippen LogP contribution is 2.41. The molecule has 1 aliphatic heterocycles. The molecule has 0 spiro atoms. The zero-order valence-electron chi connectivity index (χ0n) is 13.7. The Morgan fingerprint density at radius 1 is 1.29 bits per heavy atom. The van der Waals surface area contributed by atoms with Gasteiger partial charge in [0.05, 0.1) is 19.3 Å². The van der Waals surface area contributed by atoms with Crippen LogP contribution in [-0.2, 0) is 21.4 Å². The second-order valence-electron chi connectivity index (χ2n) is 6.63. The van der Waals surface area contributed by atoms with Crippen molar-refractivity contribution in [1.29, 1.82) is 0 Å². The van der Waals surface area contributed by atoms with Crippen LogP contribution in [0.25, 0.3) is 0 Å². The maximum atomic E-state index is 12.0. The van der Waals surface area contributed by atoms with E-state index in [2.05, 4.69) is 24.9 Å². The number of sulfonamides is 1. The molecule has 0 radical (unpaired) electrons. The molecule has 3 rings (SSSR count). The summed E-state index contributed by atoms with van der Waals surface area (Å²) in [6.07, 6.45) is 6.91. The molecule has 9 heteroatoms. The molecule has 1 saturated heterocycles. The molecule has 0 unspecified atom stereocenters. The molecule has 0 bridgehead atoms. The van der Waals surface area contributed by atoms with Gasteiger partial charge in [-0.15, -0.1) is 0 Å². The predicted molar refractivity (Wildman–Crippen MR) is 88.3 cm³/mol. The number of carbonyl (C=O) groups is 1. The number of nitrogens with zero attached hydrogens (tertiary/aromatic N) is 3. The predicted octanol–water partition coefficient (Wildman–Crippen LogP) is -0.648. The Morgan fingerprint density at radius 2 is 2.00 bits per heavy atom. The van der Waals surface area contributed by atoms with Crippen LogP contribution in [0.2, 0.25) is 0 Å². The Kier molecular flexibility index (Phi) is 5.12. The van der Waals surface area contributed by atoms with Gasteiger partial charge in [-0.3, -0.25) is 9.69 Å². The molecule has 2 heterocycles. The average Bonchev–Trinajstić information content (AvgIpc) is 3.29. The minimum absolute atomic E-state index is 0.0510. The van der Waals surface area contributed by atoms with Crippen LogP contribution in [0.3, 0.4) is 0 Å². The maximum absolute atomic E-state index is 12.0. The number of carbonyl (C=O) groups excluding carboxylic acids is 1. The van der Waals surface area contributed by atoms with Crippen LogP contribution in [0, 0.1) is 11.8 Å². The summed E-state index contributed by atoms with van der Waals surface area (Å²) < 4.78 is 24.4. The van der Waals surface area contributed by atoms with Crippen LogP contribution >= 0.6 is 0 Å². The lowest BCUT2D eigenvalue weighted by molar-refractivity contribution is -0.120. The van der Waals surface area contributed by atoms with Crippen molar-refractivity contribution in [3.05, 3.63) is 24.3 Å². The molecule has 1 saturated carbocycles. The Labute approximate surface area is 142 Å². The number of nitrogens with one attached hydrogen (secondary N) is 2. The first-order chi connectivity index (χ1) is 11.4. The summed E-state index contributed by atoms with van der Waals surface area (Å²) >= 11 is 0. The van der Waals surface area contributed by atoms with E-state index in [1.165, 1.54) is 12.8 Å². The summed E-state index contributed by atoms with van der Waals surface area (Å²) in [6, 6.07) is 1.84. The molecule has 2 atom stereocenters. The smallest absolute Gasteiger partial charge is 0.235 e. The van der Waals surface area contributed by atoms with Gasteiger partial charge in [0.15, 0.2) is 0 Å². The van der Waals surface area contributed by atoms with Crippen molar-refractivity contribution in [2.75, 3.05) is 25.9 Å². The first-order valence-electron chi connectivity index (χ1n) is 8.13. The number of amides is 1. The molecule has 1 aromatic rings. The van der Waals surface area contributed by atoms with E-state index in [1.54, 1.807) is 18.5 Å². The summed E-state index contributed by atoms with van der Waals surface area (Å²) in [4.78, 5) is 22.8. The summed E-state index contributed by atoms with van der Waals surface area (Å²) in [5.41, 5.74) is 0. The van der Waals surface area contributed by atoms with Gasteiger partial charge in [-0.25, -0.2) is 23.1 Å². The number of hydrogen-bond acceptors (Lipinski definition) is 6. The molecule has 24 heavy (non-hydrogen) atoms. The zero-order chi connectivity index (χ0) is 17.2. The van der Waals surface area contributed by atoms with E-state index in [0.717, 1.165) is 25.2 Å². The fraction of sp³-hybridized carbons (Fsp3) is 0.667. The van der Waals surface area contributed by atoms with Gasteiger partial charge in [0.25, 0.3) is 0 Å². The standard InChI is InChI=1S/C15H23N5O3S/c1-24(22,23)18-7-15(21)19-13-9-20(8-12(13)11-3-4-11)10-14-16-5-2-6-17-14/h2,5-6,11-13,18H,3-4,7-10H2,1H3,(H,19,21)/t12-,13+/m1/s1. The van der Waals surface area contributed by atoms with E-state index in [1.807, 2.05) is 0 Å². The molecule has 132 valence electrons. The Bertz CT molecular complexity index is 678. The largest absolute Gasteiger partial charge is 0.351 e. The minimum atomic E-state index is -3.36. The zero-order valence-corrected chi connectivity index (χ0v) is 14.5. The lowest BCUT2D eigenvalue weighted by atomic mass is 9.98. The van der Waals surface area contributed by atoms with Gasteiger partial charge in [0.1, 0.15) is 5.82 Å². The number of likely N-dealkylation sites (tertiary alicyclic amines) is 1. The van der Waals surface area contributed by atoms with Gasteiger partial charge in [-0.2, -0.15) is 0 Å². The second-order valence-corrected chi connectivity index (χ2v) is 8.46. The van der Waals surface area contributed by atoms with Gasteiger partial charge in [0.2, 0.25) is 15.9 Å². The number of aromatic nitrogens is 2.